The van der Waals surface area contributed by atoms with E-state index in [0.29, 0.717) is 18.1 Å². The van der Waals surface area contributed by atoms with Crippen molar-refractivity contribution in [3.05, 3.63) is 71.8 Å². The Hall–Kier alpha value is -2.99. The Morgan fingerprint density at radius 1 is 1.17 bits per heavy atom. The van der Waals surface area contributed by atoms with Gasteiger partial charge in [-0.15, -0.1) is 0 Å². The first-order chi connectivity index (χ1) is 14.2. The fourth-order valence-electron chi connectivity index (χ4n) is 3.77. The number of aliphatic hydroxyl groups is 1. The van der Waals surface area contributed by atoms with E-state index in [-0.39, 0.29) is 18.5 Å². The van der Waals surface area contributed by atoms with Crippen LogP contribution in [0.15, 0.2) is 54.7 Å². The highest BCUT2D eigenvalue weighted by Gasteiger charge is 2.26. The second kappa shape index (κ2) is 8.57. The second-order valence-electron chi connectivity index (χ2n) is 7.12. The maximum atomic E-state index is 13.0. The van der Waals surface area contributed by atoms with Gasteiger partial charge in [0.2, 0.25) is 5.88 Å². The summed E-state index contributed by atoms with van der Waals surface area (Å²) < 4.78 is 18.9. The zero-order chi connectivity index (χ0) is 20.2. The van der Waals surface area contributed by atoms with Crippen LogP contribution in [-0.2, 0) is 13.0 Å². The lowest BCUT2D eigenvalue weighted by molar-refractivity contribution is 0.215. The third-order valence-corrected chi connectivity index (χ3v) is 5.25. The largest absolute Gasteiger partial charge is 0.472 e. The van der Waals surface area contributed by atoms with Gasteiger partial charge in [-0.1, -0.05) is 31.2 Å². The molecule has 5 nitrogen and oxygen atoms in total. The van der Waals surface area contributed by atoms with Gasteiger partial charge in [0.1, 0.15) is 11.9 Å². The lowest BCUT2D eigenvalue weighted by Gasteiger charge is -2.22. The molecule has 3 heterocycles. The van der Waals surface area contributed by atoms with Crippen molar-refractivity contribution in [2.45, 2.75) is 32.5 Å². The molecule has 6 heteroatoms. The van der Waals surface area contributed by atoms with Crippen LogP contribution in [0.1, 0.15) is 24.6 Å². The molecule has 1 aliphatic rings. The molecule has 3 aromatic rings. The van der Waals surface area contributed by atoms with Crippen molar-refractivity contribution >= 4 is 5.69 Å². The highest BCUT2D eigenvalue weighted by Crippen LogP contribution is 2.30. The van der Waals surface area contributed by atoms with Crippen LogP contribution in [0.3, 0.4) is 0 Å². The van der Waals surface area contributed by atoms with Crippen LogP contribution in [0.2, 0.25) is 0 Å². The highest BCUT2D eigenvalue weighted by atomic mass is 19.1. The van der Waals surface area contributed by atoms with Gasteiger partial charge in [0.15, 0.2) is 0 Å². The van der Waals surface area contributed by atoms with Gasteiger partial charge in [0.25, 0.3) is 0 Å². The van der Waals surface area contributed by atoms with Crippen molar-refractivity contribution in [1.29, 1.82) is 0 Å². The summed E-state index contributed by atoms with van der Waals surface area (Å²) in [6.07, 6.45) is 2.86. The lowest BCUT2D eigenvalue weighted by Crippen LogP contribution is -2.26. The molecule has 0 bridgehead atoms. The first-order valence-electron chi connectivity index (χ1n) is 9.90. The van der Waals surface area contributed by atoms with Crippen molar-refractivity contribution in [3.63, 3.8) is 0 Å². The molecular weight excluding hydrogens is 369 g/mol. The molecule has 29 heavy (non-hydrogen) atoms. The molecule has 1 N–H and O–H groups in total. The molecule has 1 unspecified atom stereocenters. The molecule has 1 fully saturated rings. The molecular formula is C23H24FN3O2. The fraction of sp³-hybridized carbons (Fsp3) is 0.304. The van der Waals surface area contributed by atoms with E-state index >= 15 is 0 Å². The van der Waals surface area contributed by atoms with Crippen LogP contribution in [0, 0.1) is 5.82 Å². The van der Waals surface area contributed by atoms with Crippen LogP contribution in [0.5, 0.6) is 5.88 Å². The minimum Gasteiger partial charge on any atom is -0.472 e. The Labute approximate surface area is 169 Å². The molecule has 150 valence electrons. The SMILES string of the molecule is CCc1ccccc1-c1ccc(N2CCC(Oc3ccc(F)cn3)C2)c(CO)n1. The number of hydrogen-bond acceptors (Lipinski definition) is 5. The average Bonchev–Trinajstić information content (AvgIpc) is 3.23. The van der Waals surface area contributed by atoms with Crippen LogP contribution in [0.4, 0.5) is 10.1 Å². The molecule has 0 spiro atoms. The smallest absolute Gasteiger partial charge is 0.213 e. The Bertz CT molecular complexity index is 978. The number of rotatable bonds is 6. The van der Waals surface area contributed by atoms with E-state index in [4.69, 9.17) is 9.72 Å². The second-order valence-corrected chi connectivity index (χ2v) is 7.12. The van der Waals surface area contributed by atoms with Crippen LogP contribution < -0.4 is 9.64 Å². The summed E-state index contributed by atoms with van der Waals surface area (Å²) in [5.74, 6) is 0.0408. The van der Waals surface area contributed by atoms with E-state index in [1.54, 1.807) is 6.07 Å². The molecule has 2 aromatic heterocycles. The first kappa shape index (κ1) is 19.3. The number of aliphatic hydroxyl groups excluding tert-OH is 1. The van der Waals surface area contributed by atoms with E-state index in [1.165, 1.54) is 11.6 Å². The van der Waals surface area contributed by atoms with Gasteiger partial charge < -0.3 is 14.7 Å². The molecule has 0 amide bonds. The summed E-state index contributed by atoms with van der Waals surface area (Å²) in [6, 6.07) is 15.1. The van der Waals surface area contributed by atoms with Crippen LogP contribution in [-0.4, -0.2) is 34.3 Å². The van der Waals surface area contributed by atoms with Crippen molar-refractivity contribution < 1.29 is 14.2 Å². The Morgan fingerprint density at radius 3 is 2.79 bits per heavy atom. The van der Waals surface area contributed by atoms with Gasteiger partial charge in [-0.3, -0.25) is 0 Å². The number of aromatic nitrogens is 2. The summed E-state index contributed by atoms with van der Waals surface area (Å²) >= 11 is 0. The number of benzene rings is 1. The highest BCUT2D eigenvalue weighted by molar-refractivity contribution is 5.67. The maximum absolute atomic E-state index is 13.0. The summed E-state index contributed by atoms with van der Waals surface area (Å²) in [6.45, 7) is 3.46. The average molecular weight is 393 g/mol. The summed E-state index contributed by atoms with van der Waals surface area (Å²) in [4.78, 5) is 10.9. The Balaban J connectivity index is 1.52. The fourth-order valence-corrected chi connectivity index (χ4v) is 3.77. The molecule has 1 aliphatic heterocycles. The van der Waals surface area contributed by atoms with E-state index in [2.05, 4.69) is 28.9 Å². The van der Waals surface area contributed by atoms with Gasteiger partial charge >= 0.3 is 0 Å². The quantitative estimate of drug-likeness (QED) is 0.686. The lowest BCUT2D eigenvalue weighted by atomic mass is 10.0. The Morgan fingerprint density at radius 2 is 2.03 bits per heavy atom. The van der Waals surface area contributed by atoms with Gasteiger partial charge in [0, 0.05) is 24.6 Å². The van der Waals surface area contributed by atoms with Crippen LogP contribution in [0.25, 0.3) is 11.3 Å². The topological polar surface area (TPSA) is 58.5 Å². The molecule has 0 aliphatic carbocycles. The van der Waals surface area contributed by atoms with Gasteiger partial charge in [-0.2, -0.15) is 0 Å². The number of aryl methyl sites for hydroxylation is 1. The zero-order valence-electron chi connectivity index (χ0n) is 16.4. The van der Waals surface area contributed by atoms with Crippen molar-refractivity contribution in [1.82, 2.24) is 9.97 Å². The van der Waals surface area contributed by atoms with E-state index < -0.39 is 0 Å². The molecule has 0 radical (unpaired) electrons. The van der Waals surface area contributed by atoms with Gasteiger partial charge in [-0.05, 0) is 30.2 Å². The van der Waals surface area contributed by atoms with E-state index in [1.807, 2.05) is 24.3 Å². The number of nitrogens with zero attached hydrogens (tertiary/aromatic N) is 3. The monoisotopic (exact) mass is 393 g/mol. The molecule has 1 atom stereocenters. The predicted octanol–water partition coefficient (Wildman–Crippen LogP) is 4.00. The Kier molecular flexibility index (Phi) is 5.71. The minimum absolute atomic E-state index is 0.0417. The normalized spacial score (nSPS) is 16.2. The summed E-state index contributed by atoms with van der Waals surface area (Å²) in [7, 11) is 0. The van der Waals surface area contributed by atoms with E-state index in [0.717, 1.165) is 42.5 Å². The summed E-state index contributed by atoms with van der Waals surface area (Å²) in [5, 5.41) is 9.94. The van der Waals surface area contributed by atoms with Crippen molar-refractivity contribution in [2.75, 3.05) is 18.0 Å². The third-order valence-electron chi connectivity index (χ3n) is 5.25. The number of ether oxygens (including phenoxy) is 1. The molecule has 4 rings (SSSR count). The maximum Gasteiger partial charge on any atom is 0.213 e. The number of anilines is 1. The molecule has 1 saturated heterocycles. The van der Waals surface area contributed by atoms with Crippen molar-refractivity contribution in [2.24, 2.45) is 0 Å². The van der Waals surface area contributed by atoms with Gasteiger partial charge in [0.05, 0.1) is 36.4 Å². The van der Waals surface area contributed by atoms with Crippen LogP contribution >= 0.6 is 0 Å². The van der Waals surface area contributed by atoms with Gasteiger partial charge in [-0.25, -0.2) is 14.4 Å². The standard InChI is InChI=1S/C23H24FN3O2/c1-2-16-5-3-4-6-19(16)20-8-9-22(21(15-28)26-20)27-12-11-18(14-27)29-23-10-7-17(24)13-25-23/h3-10,13,18,28H,2,11-12,14-15H2,1H3. The number of pyridine rings is 2. The molecule has 0 saturated carbocycles. The number of halogens is 1. The summed E-state index contributed by atoms with van der Waals surface area (Å²) in [5.41, 5.74) is 4.79. The zero-order valence-corrected chi connectivity index (χ0v) is 16.4. The van der Waals surface area contributed by atoms with E-state index in [9.17, 15) is 9.50 Å². The predicted molar refractivity (Wildman–Crippen MR) is 110 cm³/mol. The number of hydrogen-bond donors (Lipinski definition) is 1. The van der Waals surface area contributed by atoms with Crippen molar-refractivity contribution in [3.8, 4) is 17.1 Å². The minimum atomic E-state index is -0.381. The third kappa shape index (κ3) is 4.22. The first-order valence-corrected chi connectivity index (χ1v) is 9.90. The molecule has 1 aromatic carbocycles.